The van der Waals surface area contributed by atoms with Crippen LogP contribution in [-0.4, -0.2) is 43.4 Å². The molecule has 1 unspecified atom stereocenters. The number of carbonyl (C=O) groups is 1. The number of benzene rings is 1. The van der Waals surface area contributed by atoms with E-state index in [1.54, 1.807) is 26.5 Å². The minimum absolute atomic E-state index is 0.119. The van der Waals surface area contributed by atoms with Crippen molar-refractivity contribution in [1.29, 1.82) is 0 Å². The highest BCUT2D eigenvalue weighted by molar-refractivity contribution is 9.10. The average molecular weight is 423 g/mol. The summed E-state index contributed by atoms with van der Waals surface area (Å²) < 4.78 is 16.5. The van der Waals surface area contributed by atoms with Gasteiger partial charge in [0.15, 0.2) is 0 Å². The molecule has 1 N–H and O–H groups in total. The molecule has 0 spiro atoms. The van der Waals surface area contributed by atoms with Gasteiger partial charge in [-0.2, -0.15) is 4.98 Å². The van der Waals surface area contributed by atoms with Crippen molar-refractivity contribution in [3.05, 3.63) is 34.4 Å². The number of aromatic nitrogens is 2. The molecule has 1 aromatic heterocycles. The van der Waals surface area contributed by atoms with Gasteiger partial charge >= 0.3 is 6.09 Å². The van der Waals surface area contributed by atoms with Gasteiger partial charge in [0.05, 0.1) is 26.8 Å². The molecule has 138 valence electrons. The Morgan fingerprint density at radius 1 is 1.31 bits per heavy atom. The molecule has 0 aliphatic carbocycles. The lowest BCUT2D eigenvalue weighted by Crippen LogP contribution is -2.25. The van der Waals surface area contributed by atoms with E-state index in [4.69, 9.17) is 14.2 Å². The van der Waals surface area contributed by atoms with Crippen LogP contribution in [0.2, 0.25) is 0 Å². The summed E-state index contributed by atoms with van der Waals surface area (Å²) in [5, 5.41) is 3.23. The molecule has 2 aromatic rings. The van der Waals surface area contributed by atoms with Crippen molar-refractivity contribution in [2.45, 2.75) is 13.0 Å². The highest BCUT2D eigenvalue weighted by atomic mass is 79.9. The molecule has 3 rings (SSSR count). The molecule has 1 aliphatic heterocycles. The summed E-state index contributed by atoms with van der Waals surface area (Å²) in [7, 11) is 3.20. The molecule has 26 heavy (non-hydrogen) atoms. The second-order valence-corrected chi connectivity index (χ2v) is 6.40. The van der Waals surface area contributed by atoms with E-state index in [1.165, 1.54) is 4.90 Å². The normalized spacial score (nSPS) is 14.8. The van der Waals surface area contributed by atoms with Crippen molar-refractivity contribution >= 4 is 33.8 Å². The number of methoxy groups -OCH3 is 2. The van der Waals surface area contributed by atoms with Gasteiger partial charge in [-0.05, 0) is 46.6 Å². The van der Waals surface area contributed by atoms with Crippen LogP contribution in [0.1, 0.15) is 18.5 Å². The largest absolute Gasteiger partial charge is 0.495 e. The molecule has 1 saturated heterocycles. The summed E-state index contributed by atoms with van der Waals surface area (Å²) >= 11 is 3.46. The van der Waals surface area contributed by atoms with E-state index < -0.39 is 6.09 Å². The lowest BCUT2D eigenvalue weighted by Gasteiger charge is -2.18. The zero-order chi connectivity index (χ0) is 18.7. The summed E-state index contributed by atoms with van der Waals surface area (Å²) in [5.41, 5.74) is 0.941. The number of hydrogen-bond acceptors (Lipinski definition) is 7. The highest BCUT2D eigenvalue weighted by Crippen LogP contribution is 2.37. The Morgan fingerprint density at radius 2 is 2.00 bits per heavy atom. The number of halogens is 1. The van der Waals surface area contributed by atoms with Gasteiger partial charge in [0, 0.05) is 6.20 Å². The van der Waals surface area contributed by atoms with Crippen LogP contribution in [0.15, 0.2) is 28.9 Å². The summed E-state index contributed by atoms with van der Waals surface area (Å²) in [6.07, 6.45) is 1.20. The molecule has 1 amide bonds. The first-order valence-corrected chi connectivity index (χ1v) is 8.78. The van der Waals surface area contributed by atoms with Crippen molar-refractivity contribution in [3.8, 4) is 11.5 Å². The number of cyclic esters (lactones) is 1. The number of nitrogens with one attached hydrogen (secondary N) is 1. The standard InChI is InChI=1S/C17H19BrN4O4/c1-10(11-8-12(24-2)15(18)13(9-11)25-3)20-16-19-5-4-14(21-16)22-6-7-26-17(22)23/h4-5,8-10H,6-7H2,1-3H3,(H,19,20,21). The van der Waals surface area contributed by atoms with Crippen LogP contribution in [-0.2, 0) is 4.74 Å². The number of carbonyl (C=O) groups excluding carboxylic acids is 1. The maximum atomic E-state index is 11.7. The van der Waals surface area contributed by atoms with Gasteiger partial charge in [-0.3, -0.25) is 4.90 Å². The highest BCUT2D eigenvalue weighted by Gasteiger charge is 2.25. The van der Waals surface area contributed by atoms with E-state index in [2.05, 4.69) is 31.2 Å². The Morgan fingerprint density at radius 3 is 2.58 bits per heavy atom. The van der Waals surface area contributed by atoms with Gasteiger partial charge in [-0.25, -0.2) is 9.78 Å². The van der Waals surface area contributed by atoms with E-state index in [0.717, 1.165) is 10.0 Å². The monoisotopic (exact) mass is 422 g/mol. The van der Waals surface area contributed by atoms with Crippen molar-refractivity contribution in [2.75, 3.05) is 37.6 Å². The van der Waals surface area contributed by atoms with Crippen LogP contribution >= 0.6 is 15.9 Å². The molecule has 0 bridgehead atoms. The van der Waals surface area contributed by atoms with Crippen LogP contribution in [0.25, 0.3) is 0 Å². The van der Waals surface area contributed by atoms with Crippen molar-refractivity contribution in [1.82, 2.24) is 9.97 Å². The van der Waals surface area contributed by atoms with Crippen LogP contribution < -0.4 is 19.7 Å². The van der Waals surface area contributed by atoms with Crippen molar-refractivity contribution < 1.29 is 19.0 Å². The van der Waals surface area contributed by atoms with Gasteiger partial charge in [-0.15, -0.1) is 0 Å². The summed E-state index contributed by atoms with van der Waals surface area (Å²) in [6, 6.07) is 5.37. The topological polar surface area (TPSA) is 85.8 Å². The first-order chi connectivity index (χ1) is 12.5. The smallest absolute Gasteiger partial charge is 0.415 e. The number of anilines is 2. The minimum atomic E-state index is -0.398. The molecule has 9 heteroatoms. The average Bonchev–Trinajstić information content (AvgIpc) is 3.08. The second kappa shape index (κ2) is 7.77. The number of amides is 1. The molecule has 0 saturated carbocycles. The van der Waals surface area contributed by atoms with E-state index in [0.29, 0.717) is 36.4 Å². The van der Waals surface area contributed by atoms with E-state index in [1.807, 2.05) is 19.1 Å². The van der Waals surface area contributed by atoms with Crippen LogP contribution in [0.5, 0.6) is 11.5 Å². The van der Waals surface area contributed by atoms with E-state index >= 15 is 0 Å². The fourth-order valence-electron chi connectivity index (χ4n) is 2.59. The SMILES string of the molecule is COc1cc(C(C)Nc2nccc(N3CCOC3=O)n2)cc(OC)c1Br. The third-order valence-corrected chi connectivity index (χ3v) is 4.77. The number of ether oxygens (including phenoxy) is 3. The maximum Gasteiger partial charge on any atom is 0.415 e. The molecule has 0 radical (unpaired) electrons. The molecule has 1 atom stereocenters. The Labute approximate surface area is 159 Å². The lowest BCUT2D eigenvalue weighted by molar-refractivity contribution is 0.181. The molecule has 1 aromatic carbocycles. The Bertz CT molecular complexity index is 792. The summed E-state index contributed by atoms with van der Waals surface area (Å²) in [6.45, 7) is 2.81. The third-order valence-electron chi connectivity index (χ3n) is 3.99. The van der Waals surface area contributed by atoms with Crippen LogP contribution in [0, 0.1) is 0 Å². The van der Waals surface area contributed by atoms with Gasteiger partial charge < -0.3 is 19.5 Å². The quantitative estimate of drug-likeness (QED) is 0.763. The third kappa shape index (κ3) is 3.67. The summed E-state index contributed by atoms with van der Waals surface area (Å²) in [5.74, 6) is 2.25. The maximum absolute atomic E-state index is 11.7. The molecular weight excluding hydrogens is 404 g/mol. The number of rotatable bonds is 6. The van der Waals surface area contributed by atoms with Crippen LogP contribution in [0.4, 0.5) is 16.6 Å². The Hall–Kier alpha value is -2.55. The van der Waals surface area contributed by atoms with Crippen molar-refractivity contribution in [3.63, 3.8) is 0 Å². The van der Waals surface area contributed by atoms with Crippen molar-refractivity contribution in [2.24, 2.45) is 0 Å². The molecule has 1 aliphatic rings. The fourth-order valence-corrected chi connectivity index (χ4v) is 3.14. The zero-order valence-corrected chi connectivity index (χ0v) is 16.2. The molecule has 8 nitrogen and oxygen atoms in total. The fraction of sp³-hybridized carbons (Fsp3) is 0.353. The number of hydrogen-bond donors (Lipinski definition) is 1. The Balaban J connectivity index is 1.82. The van der Waals surface area contributed by atoms with Crippen LogP contribution in [0.3, 0.4) is 0 Å². The molecule has 2 heterocycles. The second-order valence-electron chi connectivity index (χ2n) is 5.61. The van der Waals surface area contributed by atoms with Gasteiger partial charge in [0.25, 0.3) is 0 Å². The first-order valence-electron chi connectivity index (χ1n) is 7.98. The Kier molecular flexibility index (Phi) is 5.46. The predicted octanol–water partition coefficient (Wildman–Crippen LogP) is 3.39. The van der Waals surface area contributed by atoms with Gasteiger partial charge in [0.1, 0.15) is 28.4 Å². The zero-order valence-electron chi connectivity index (χ0n) is 14.7. The number of nitrogens with zero attached hydrogens (tertiary/aromatic N) is 3. The minimum Gasteiger partial charge on any atom is -0.495 e. The molecular formula is C17H19BrN4O4. The lowest BCUT2D eigenvalue weighted by atomic mass is 10.1. The van der Waals surface area contributed by atoms with Gasteiger partial charge in [-0.1, -0.05) is 0 Å². The van der Waals surface area contributed by atoms with Gasteiger partial charge in [0.2, 0.25) is 5.95 Å². The predicted molar refractivity (Wildman–Crippen MR) is 100 cm³/mol. The molecule has 1 fully saturated rings. The first kappa shape index (κ1) is 18.2. The van der Waals surface area contributed by atoms with E-state index in [-0.39, 0.29) is 6.04 Å². The summed E-state index contributed by atoms with van der Waals surface area (Å²) in [4.78, 5) is 21.8. The van der Waals surface area contributed by atoms with E-state index in [9.17, 15) is 4.79 Å².